The minimum Gasteiger partial charge on any atom is -0.463 e. The number of hydrogen-bond acceptors (Lipinski definition) is 2. The van der Waals surface area contributed by atoms with E-state index >= 15 is 0 Å². The number of hydrogen-bond donors (Lipinski definition) is 0. The summed E-state index contributed by atoms with van der Waals surface area (Å²) >= 11 is 0. The van der Waals surface area contributed by atoms with Crippen LogP contribution in [0.15, 0.2) is 0 Å². The Morgan fingerprint density at radius 2 is 1.86 bits per heavy atom. The van der Waals surface area contributed by atoms with Crippen LogP contribution in [0.2, 0.25) is 0 Å². The van der Waals surface area contributed by atoms with Crippen molar-refractivity contribution in [2.75, 3.05) is 0 Å². The lowest BCUT2D eigenvalue weighted by atomic mass is 9.82. The number of ether oxygens (including phenoxy) is 1. The van der Waals surface area contributed by atoms with Crippen LogP contribution in [0, 0.1) is 11.8 Å². The minimum atomic E-state index is -0.127. The van der Waals surface area contributed by atoms with Crippen LogP contribution in [0.25, 0.3) is 0 Å². The van der Waals surface area contributed by atoms with Crippen LogP contribution in [-0.4, -0.2) is 12.1 Å². The Labute approximate surface area is 87.0 Å². The zero-order valence-electron chi connectivity index (χ0n) is 9.58. The lowest BCUT2D eigenvalue weighted by Crippen LogP contribution is -2.24. The molecule has 0 bridgehead atoms. The van der Waals surface area contributed by atoms with E-state index in [0.29, 0.717) is 0 Å². The van der Waals surface area contributed by atoms with Crippen molar-refractivity contribution in [1.82, 2.24) is 0 Å². The Morgan fingerprint density at radius 1 is 1.29 bits per heavy atom. The Kier molecular flexibility index (Phi) is 4.43. The Balaban J connectivity index is 2.21. The highest BCUT2D eigenvalue weighted by Crippen LogP contribution is 2.30. The molecule has 0 N–H and O–H groups in total. The van der Waals surface area contributed by atoms with E-state index in [1.807, 2.05) is 0 Å². The van der Waals surface area contributed by atoms with E-state index in [4.69, 9.17) is 4.74 Å². The van der Waals surface area contributed by atoms with Gasteiger partial charge < -0.3 is 4.74 Å². The molecule has 2 nitrogen and oxygen atoms in total. The maximum absolute atomic E-state index is 10.7. The molecule has 0 amide bonds. The lowest BCUT2D eigenvalue weighted by Gasteiger charge is -2.28. The van der Waals surface area contributed by atoms with Crippen LogP contribution in [-0.2, 0) is 9.53 Å². The van der Waals surface area contributed by atoms with Gasteiger partial charge in [-0.05, 0) is 43.9 Å². The molecule has 1 aliphatic rings. The van der Waals surface area contributed by atoms with Gasteiger partial charge in [-0.15, -0.1) is 0 Å². The standard InChI is InChI=1S/C12H22O2/c1-9(2)8-11-4-6-12(7-5-11)14-10(3)13/h9,11-12H,4-8H2,1-3H3. The highest BCUT2D eigenvalue weighted by atomic mass is 16.5. The maximum atomic E-state index is 10.7. The first-order valence-electron chi connectivity index (χ1n) is 5.75. The molecule has 0 aromatic rings. The second-order valence-electron chi connectivity index (χ2n) is 4.88. The SMILES string of the molecule is CC(=O)OC1CCC(CC(C)C)CC1. The quantitative estimate of drug-likeness (QED) is 0.651. The van der Waals surface area contributed by atoms with Crippen molar-refractivity contribution in [1.29, 1.82) is 0 Å². The third kappa shape index (κ3) is 4.12. The summed E-state index contributed by atoms with van der Waals surface area (Å²) in [7, 11) is 0. The first-order valence-corrected chi connectivity index (χ1v) is 5.75. The van der Waals surface area contributed by atoms with Gasteiger partial charge in [-0.1, -0.05) is 13.8 Å². The molecule has 0 spiro atoms. The van der Waals surface area contributed by atoms with Gasteiger partial charge in [0, 0.05) is 6.92 Å². The van der Waals surface area contributed by atoms with Gasteiger partial charge >= 0.3 is 5.97 Å². The Bertz CT molecular complexity index is 179. The van der Waals surface area contributed by atoms with Crippen LogP contribution in [0.4, 0.5) is 0 Å². The van der Waals surface area contributed by atoms with Crippen LogP contribution < -0.4 is 0 Å². The third-order valence-corrected chi connectivity index (χ3v) is 2.93. The highest BCUT2D eigenvalue weighted by molar-refractivity contribution is 5.66. The van der Waals surface area contributed by atoms with E-state index in [1.54, 1.807) is 0 Å². The Morgan fingerprint density at radius 3 is 2.29 bits per heavy atom. The van der Waals surface area contributed by atoms with Gasteiger partial charge in [0.25, 0.3) is 0 Å². The number of esters is 1. The summed E-state index contributed by atoms with van der Waals surface area (Å²) in [5.41, 5.74) is 0. The first kappa shape index (κ1) is 11.5. The van der Waals surface area contributed by atoms with E-state index in [-0.39, 0.29) is 12.1 Å². The molecule has 0 radical (unpaired) electrons. The maximum Gasteiger partial charge on any atom is 0.302 e. The van der Waals surface area contributed by atoms with Crippen LogP contribution in [0.1, 0.15) is 52.9 Å². The van der Waals surface area contributed by atoms with E-state index in [9.17, 15) is 4.79 Å². The monoisotopic (exact) mass is 198 g/mol. The van der Waals surface area contributed by atoms with Crippen molar-refractivity contribution in [2.45, 2.75) is 59.0 Å². The predicted octanol–water partition coefficient (Wildman–Crippen LogP) is 3.15. The van der Waals surface area contributed by atoms with E-state index in [0.717, 1.165) is 24.7 Å². The molecule has 2 heteroatoms. The van der Waals surface area contributed by atoms with Crippen molar-refractivity contribution in [3.05, 3.63) is 0 Å². The summed E-state index contributed by atoms with van der Waals surface area (Å²) < 4.78 is 5.21. The molecule has 0 unspecified atom stereocenters. The lowest BCUT2D eigenvalue weighted by molar-refractivity contribution is -0.148. The predicted molar refractivity (Wildman–Crippen MR) is 57.0 cm³/mol. The smallest absolute Gasteiger partial charge is 0.302 e. The highest BCUT2D eigenvalue weighted by Gasteiger charge is 2.23. The second kappa shape index (κ2) is 5.38. The summed E-state index contributed by atoms with van der Waals surface area (Å²) in [5, 5.41) is 0. The third-order valence-electron chi connectivity index (χ3n) is 2.93. The summed E-state index contributed by atoms with van der Waals surface area (Å²) in [4.78, 5) is 10.7. The molecule has 0 heterocycles. The van der Waals surface area contributed by atoms with E-state index in [1.165, 1.54) is 26.2 Å². The average molecular weight is 198 g/mol. The topological polar surface area (TPSA) is 26.3 Å². The van der Waals surface area contributed by atoms with Gasteiger partial charge in [0.1, 0.15) is 6.10 Å². The fourth-order valence-corrected chi connectivity index (χ4v) is 2.39. The zero-order valence-corrected chi connectivity index (χ0v) is 9.58. The second-order valence-corrected chi connectivity index (χ2v) is 4.88. The summed E-state index contributed by atoms with van der Waals surface area (Å²) in [6.07, 6.45) is 6.13. The summed E-state index contributed by atoms with van der Waals surface area (Å²) in [6, 6.07) is 0. The zero-order chi connectivity index (χ0) is 10.6. The molecule has 1 saturated carbocycles. The van der Waals surface area contributed by atoms with Crippen molar-refractivity contribution in [2.24, 2.45) is 11.8 Å². The van der Waals surface area contributed by atoms with Crippen LogP contribution >= 0.6 is 0 Å². The van der Waals surface area contributed by atoms with Crippen molar-refractivity contribution in [3.8, 4) is 0 Å². The van der Waals surface area contributed by atoms with Crippen molar-refractivity contribution < 1.29 is 9.53 Å². The molecule has 1 aliphatic carbocycles. The molecule has 1 fully saturated rings. The van der Waals surface area contributed by atoms with Crippen LogP contribution in [0.5, 0.6) is 0 Å². The summed E-state index contributed by atoms with van der Waals surface area (Å²) in [5.74, 6) is 1.53. The molecule has 0 aliphatic heterocycles. The molecule has 0 saturated heterocycles. The molecular weight excluding hydrogens is 176 g/mol. The van der Waals surface area contributed by atoms with Crippen molar-refractivity contribution >= 4 is 5.97 Å². The first-order chi connectivity index (χ1) is 6.58. The summed E-state index contributed by atoms with van der Waals surface area (Å²) in [6.45, 7) is 6.05. The molecule has 1 rings (SSSR count). The Hall–Kier alpha value is -0.530. The molecule has 0 aromatic heterocycles. The van der Waals surface area contributed by atoms with Crippen LogP contribution in [0.3, 0.4) is 0 Å². The van der Waals surface area contributed by atoms with Gasteiger partial charge in [-0.2, -0.15) is 0 Å². The molecule has 0 atom stereocenters. The fraction of sp³-hybridized carbons (Fsp3) is 0.917. The fourth-order valence-electron chi connectivity index (χ4n) is 2.39. The van der Waals surface area contributed by atoms with E-state index < -0.39 is 0 Å². The van der Waals surface area contributed by atoms with Gasteiger partial charge in [0.05, 0.1) is 0 Å². The number of carbonyl (C=O) groups excluding carboxylic acids is 1. The average Bonchev–Trinajstić information content (AvgIpc) is 2.06. The van der Waals surface area contributed by atoms with E-state index in [2.05, 4.69) is 13.8 Å². The molecule has 14 heavy (non-hydrogen) atoms. The van der Waals surface area contributed by atoms with Gasteiger partial charge in [-0.25, -0.2) is 0 Å². The largest absolute Gasteiger partial charge is 0.463 e. The van der Waals surface area contributed by atoms with Gasteiger partial charge in [-0.3, -0.25) is 4.79 Å². The minimum absolute atomic E-state index is 0.127. The van der Waals surface area contributed by atoms with Gasteiger partial charge in [0.15, 0.2) is 0 Å². The normalized spacial score (nSPS) is 27.7. The molecule has 82 valence electrons. The number of carbonyl (C=O) groups is 1. The van der Waals surface area contributed by atoms with Crippen molar-refractivity contribution in [3.63, 3.8) is 0 Å². The molecular formula is C12H22O2. The van der Waals surface area contributed by atoms with Gasteiger partial charge in [0.2, 0.25) is 0 Å². The number of rotatable bonds is 3. The molecule has 0 aromatic carbocycles.